The average Bonchev–Trinajstić information content (AvgIpc) is 2.77. The van der Waals surface area contributed by atoms with Gasteiger partial charge in [0.15, 0.2) is 0 Å². The lowest BCUT2D eigenvalue weighted by Crippen LogP contribution is -2.23. The second-order valence-electron chi connectivity index (χ2n) is 4.27. The summed E-state index contributed by atoms with van der Waals surface area (Å²) < 4.78 is 28.1. The zero-order chi connectivity index (χ0) is 13.1. The molecule has 0 amide bonds. The Hall–Kier alpha value is -1.82. The Balaban J connectivity index is 2.33. The maximum absolute atomic E-state index is 13.6. The molecule has 0 saturated carbocycles. The molecular formula is C12H14F2N4. The lowest BCUT2D eigenvalue weighted by atomic mass is 10.3. The molecule has 1 heterocycles. The Labute approximate surface area is 104 Å². The monoisotopic (exact) mass is 252 g/mol. The molecule has 0 atom stereocenters. The molecule has 96 valence electrons. The van der Waals surface area contributed by atoms with Gasteiger partial charge in [0.1, 0.15) is 17.3 Å². The van der Waals surface area contributed by atoms with Gasteiger partial charge in [0, 0.05) is 18.7 Å². The lowest BCUT2D eigenvalue weighted by Gasteiger charge is -2.10. The third-order valence-electron chi connectivity index (χ3n) is 2.45. The van der Waals surface area contributed by atoms with Crippen LogP contribution in [-0.4, -0.2) is 21.0 Å². The Morgan fingerprint density at radius 3 is 2.83 bits per heavy atom. The van der Waals surface area contributed by atoms with E-state index in [1.165, 1.54) is 10.9 Å². The standard InChI is InChI=1S/C12H14F2N4/c1-8(2)15-6-10-7-16-17-18(10)12-5-9(13)3-4-11(12)14/h3-5,7-8,15H,6H2,1-2H3. The van der Waals surface area contributed by atoms with Crippen LogP contribution < -0.4 is 5.32 Å². The van der Waals surface area contributed by atoms with Crippen LogP contribution in [0.15, 0.2) is 24.4 Å². The number of hydrogen-bond acceptors (Lipinski definition) is 3. The molecule has 0 fully saturated rings. The molecule has 1 N–H and O–H groups in total. The van der Waals surface area contributed by atoms with Crippen LogP contribution in [0, 0.1) is 11.6 Å². The van der Waals surface area contributed by atoms with Crippen LogP contribution in [0.1, 0.15) is 19.5 Å². The van der Waals surface area contributed by atoms with Crippen LogP contribution in [0.5, 0.6) is 0 Å². The second-order valence-corrected chi connectivity index (χ2v) is 4.27. The first-order chi connectivity index (χ1) is 8.58. The molecule has 0 radical (unpaired) electrons. The highest BCUT2D eigenvalue weighted by Gasteiger charge is 2.11. The second kappa shape index (κ2) is 5.22. The van der Waals surface area contributed by atoms with Gasteiger partial charge in [-0.25, -0.2) is 13.5 Å². The van der Waals surface area contributed by atoms with E-state index in [0.717, 1.165) is 18.2 Å². The summed E-state index contributed by atoms with van der Waals surface area (Å²) in [7, 11) is 0. The van der Waals surface area contributed by atoms with E-state index < -0.39 is 11.6 Å². The minimum Gasteiger partial charge on any atom is -0.309 e. The summed E-state index contributed by atoms with van der Waals surface area (Å²) in [5, 5.41) is 10.7. The quantitative estimate of drug-likeness (QED) is 0.905. The highest BCUT2D eigenvalue weighted by molar-refractivity contribution is 5.34. The first-order valence-corrected chi connectivity index (χ1v) is 5.66. The van der Waals surface area contributed by atoms with Crippen molar-refractivity contribution in [2.45, 2.75) is 26.4 Å². The molecule has 0 aliphatic rings. The molecule has 18 heavy (non-hydrogen) atoms. The van der Waals surface area contributed by atoms with Crippen molar-refractivity contribution in [3.8, 4) is 5.69 Å². The Kier molecular flexibility index (Phi) is 3.66. The number of aromatic nitrogens is 3. The smallest absolute Gasteiger partial charge is 0.149 e. The molecule has 0 aliphatic heterocycles. The zero-order valence-electron chi connectivity index (χ0n) is 10.2. The molecule has 0 unspecified atom stereocenters. The molecule has 2 aromatic rings. The van der Waals surface area contributed by atoms with Crippen molar-refractivity contribution < 1.29 is 8.78 Å². The summed E-state index contributed by atoms with van der Waals surface area (Å²) in [5.41, 5.74) is 0.737. The van der Waals surface area contributed by atoms with Gasteiger partial charge in [-0.3, -0.25) is 0 Å². The molecule has 4 nitrogen and oxygen atoms in total. The number of nitrogens with one attached hydrogen (secondary N) is 1. The zero-order valence-corrected chi connectivity index (χ0v) is 10.2. The van der Waals surface area contributed by atoms with Gasteiger partial charge in [-0.15, -0.1) is 5.10 Å². The van der Waals surface area contributed by atoms with Crippen molar-refractivity contribution >= 4 is 0 Å². The third-order valence-corrected chi connectivity index (χ3v) is 2.45. The summed E-state index contributed by atoms with van der Waals surface area (Å²) in [6, 6.07) is 3.53. The molecule has 0 bridgehead atoms. The van der Waals surface area contributed by atoms with Gasteiger partial charge in [-0.05, 0) is 12.1 Å². The Bertz CT molecular complexity index is 537. The fraction of sp³-hybridized carbons (Fsp3) is 0.333. The van der Waals surface area contributed by atoms with Crippen LogP contribution >= 0.6 is 0 Å². The number of nitrogens with zero attached hydrogens (tertiary/aromatic N) is 3. The van der Waals surface area contributed by atoms with Gasteiger partial charge in [-0.1, -0.05) is 19.1 Å². The van der Waals surface area contributed by atoms with E-state index in [1.54, 1.807) is 0 Å². The molecular weight excluding hydrogens is 238 g/mol. The van der Waals surface area contributed by atoms with Gasteiger partial charge in [0.25, 0.3) is 0 Å². The maximum atomic E-state index is 13.6. The normalized spacial score (nSPS) is 11.2. The average molecular weight is 252 g/mol. The third kappa shape index (κ3) is 2.70. The van der Waals surface area contributed by atoms with Gasteiger partial charge >= 0.3 is 0 Å². The summed E-state index contributed by atoms with van der Waals surface area (Å²) >= 11 is 0. The van der Waals surface area contributed by atoms with Gasteiger partial charge in [-0.2, -0.15) is 0 Å². The number of hydrogen-bond donors (Lipinski definition) is 1. The van der Waals surface area contributed by atoms with E-state index in [-0.39, 0.29) is 11.7 Å². The van der Waals surface area contributed by atoms with E-state index in [2.05, 4.69) is 15.6 Å². The van der Waals surface area contributed by atoms with Crippen LogP contribution in [0.3, 0.4) is 0 Å². The van der Waals surface area contributed by atoms with Gasteiger partial charge < -0.3 is 5.32 Å². The molecule has 0 aliphatic carbocycles. The Morgan fingerprint density at radius 1 is 1.33 bits per heavy atom. The van der Waals surface area contributed by atoms with Gasteiger partial charge in [0.05, 0.1) is 11.9 Å². The molecule has 2 rings (SSSR count). The van der Waals surface area contributed by atoms with Crippen LogP contribution in [0.2, 0.25) is 0 Å². The predicted molar refractivity (Wildman–Crippen MR) is 63.3 cm³/mol. The minimum absolute atomic E-state index is 0.0630. The molecule has 6 heteroatoms. The van der Waals surface area contributed by atoms with Crippen LogP contribution in [0.4, 0.5) is 8.78 Å². The van der Waals surface area contributed by atoms with Crippen LogP contribution in [0.25, 0.3) is 5.69 Å². The van der Waals surface area contributed by atoms with Crippen molar-refractivity contribution in [1.82, 2.24) is 20.3 Å². The maximum Gasteiger partial charge on any atom is 0.149 e. The van der Waals surface area contributed by atoms with E-state index in [4.69, 9.17) is 0 Å². The first-order valence-electron chi connectivity index (χ1n) is 5.66. The molecule has 0 spiro atoms. The highest BCUT2D eigenvalue weighted by Crippen LogP contribution is 2.15. The largest absolute Gasteiger partial charge is 0.309 e. The topological polar surface area (TPSA) is 42.7 Å². The van der Waals surface area contributed by atoms with E-state index in [1.807, 2.05) is 13.8 Å². The van der Waals surface area contributed by atoms with Crippen molar-refractivity contribution in [1.29, 1.82) is 0 Å². The van der Waals surface area contributed by atoms with Crippen molar-refractivity contribution in [2.24, 2.45) is 0 Å². The SMILES string of the molecule is CC(C)NCc1cnnn1-c1cc(F)ccc1F. The molecule has 1 aromatic heterocycles. The Morgan fingerprint density at radius 2 is 2.11 bits per heavy atom. The predicted octanol–water partition coefficient (Wildman–Crippen LogP) is 2.04. The van der Waals surface area contributed by atoms with Crippen molar-refractivity contribution in [3.05, 3.63) is 41.7 Å². The summed E-state index contributed by atoms with van der Waals surface area (Å²) in [6.07, 6.45) is 1.53. The number of rotatable bonds is 4. The van der Waals surface area contributed by atoms with E-state index in [9.17, 15) is 8.78 Å². The fourth-order valence-electron chi connectivity index (χ4n) is 1.54. The van der Waals surface area contributed by atoms with Crippen LogP contribution in [-0.2, 0) is 6.54 Å². The number of benzene rings is 1. The summed E-state index contributed by atoms with van der Waals surface area (Å²) in [6.45, 7) is 4.48. The summed E-state index contributed by atoms with van der Waals surface area (Å²) in [5.74, 6) is -1.04. The van der Waals surface area contributed by atoms with E-state index >= 15 is 0 Å². The van der Waals surface area contributed by atoms with Crippen molar-refractivity contribution in [3.63, 3.8) is 0 Å². The molecule has 0 saturated heterocycles. The molecule has 1 aromatic carbocycles. The minimum atomic E-state index is -0.535. The van der Waals surface area contributed by atoms with E-state index in [0.29, 0.717) is 12.2 Å². The van der Waals surface area contributed by atoms with Crippen molar-refractivity contribution in [2.75, 3.05) is 0 Å². The highest BCUT2D eigenvalue weighted by atomic mass is 19.1. The fourth-order valence-corrected chi connectivity index (χ4v) is 1.54. The first kappa shape index (κ1) is 12.6. The summed E-state index contributed by atoms with van der Waals surface area (Å²) in [4.78, 5) is 0. The lowest BCUT2D eigenvalue weighted by molar-refractivity contribution is 0.555. The number of halogens is 2. The van der Waals surface area contributed by atoms with Gasteiger partial charge in [0.2, 0.25) is 0 Å².